The number of aliphatic hydroxyl groups is 1. The first kappa shape index (κ1) is 25.4. The molecular weight excluding hydrogens is 435 g/mol. The van der Waals surface area contributed by atoms with E-state index in [-0.39, 0.29) is 11.3 Å². The maximum Gasteiger partial charge on any atom is 0.295 e. The Morgan fingerprint density at radius 1 is 1.09 bits per heavy atom. The zero-order valence-electron chi connectivity index (χ0n) is 20.3. The number of ether oxygens (including phenoxy) is 1. The molecule has 1 amide bonds. The quantitative estimate of drug-likeness (QED) is 0.311. The Morgan fingerprint density at radius 2 is 1.76 bits per heavy atom. The van der Waals surface area contributed by atoms with E-state index in [0.29, 0.717) is 36.6 Å². The number of ketones is 1. The molecule has 3 rings (SSSR count). The summed E-state index contributed by atoms with van der Waals surface area (Å²) in [5, 5.41) is 11.2. The normalized spacial score (nSPS) is 17.6. The molecule has 0 aromatic heterocycles. The number of hydrogen-bond acceptors (Lipinski definition) is 5. The number of aliphatic hydroxyl groups excluding tert-OH is 1. The van der Waals surface area contributed by atoms with Gasteiger partial charge in [-0.2, -0.15) is 0 Å². The van der Waals surface area contributed by atoms with Gasteiger partial charge in [-0.1, -0.05) is 32.9 Å². The number of Topliss-reactive ketones (excluding diaryl/α,β-unsaturated/α-hetero) is 1. The van der Waals surface area contributed by atoms with Gasteiger partial charge < -0.3 is 19.6 Å². The van der Waals surface area contributed by atoms with Crippen molar-refractivity contribution in [2.24, 2.45) is 0 Å². The molecule has 34 heavy (non-hydrogen) atoms. The summed E-state index contributed by atoms with van der Waals surface area (Å²) in [5.41, 5.74) is 1.82. The third-order valence-corrected chi connectivity index (χ3v) is 6.19. The van der Waals surface area contributed by atoms with Crippen molar-refractivity contribution >= 4 is 17.4 Å². The van der Waals surface area contributed by atoms with Crippen molar-refractivity contribution in [3.8, 4) is 5.75 Å². The lowest BCUT2D eigenvalue weighted by Gasteiger charge is -2.28. The Morgan fingerprint density at radius 3 is 2.35 bits per heavy atom. The molecule has 1 aliphatic heterocycles. The molecule has 1 N–H and O–H groups in total. The van der Waals surface area contributed by atoms with Crippen molar-refractivity contribution in [1.29, 1.82) is 0 Å². The number of hydrogen-bond donors (Lipinski definition) is 1. The van der Waals surface area contributed by atoms with Gasteiger partial charge in [0.05, 0.1) is 18.2 Å². The van der Waals surface area contributed by atoms with Crippen LogP contribution in [0.2, 0.25) is 0 Å². The Balaban J connectivity index is 2.06. The Labute approximate surface area is 200 Å². The molecule has 1 fully saturated rings. The number of amides is 1. The van der Waals surface area contributed by atoms with Gasteiger partial charge in [-0.15, -0.1) is 0 Å². The Bertz CT molecular complexity index is 1060. The van der Waals surface area contributed by atoms with Crippen LogP contribution in [0.15, 0.2) is 48.0 Å². The lowest BCUT2D eigenvalue weighted by molar-refractivity contribution is -0.140. The van der Waals surface area contributed by atoms with Crippen LogP contribution in [0.5, 0.6) is 5.75 Å². The predicted molar refractivity (Wildman–Crippen MR) is 130 cm³/mol. The van der Waals surface area contributed by atoms with Crippen LogP contribution in [0, 0.1) is 12.7 Å². The molecule has 1 aliphatic rings. The maximum absolute atomic E-state index is 13.6. The van der Waals surface area contributed by atoms with Gasteiger partial charge in [-0.25, -0.2) is 4.39 Å². The number of halogens is 1. The number of benzene rings is 2. The van der Waals surface area contributed by atoms with Crippen LogP contribution in [0.3, 0.4) is 0 Å². The van der Waals surface area contributed by atoms with Gasteiger partial charge >= 0.3 is 0 Å². The highest BCUT2D eigenvalue weighted by atomic mass is 19.1. The molecule has 0 radical (unpaired) electrons. The third kappa shape index (κ3) is 5.30. The molecular formula is C27H33FN2O4. The van der Waals surface area contributed by atoms with Gasteiger partial charge in [-0.05, 0) is 67.9 Å². The summed E-state index contributed by atoms with van der Waals surface area (Å²) in [6.07, 6.45) is 0.871. The summed E-state index contributed by atoms with van der Waals surface area (Å²) in [6, 6.07) is 10.1. The van der Waals surface area contributed by atoms with Gasteiger partial charge in [0.1, 0.15) is 17.3 Å². The molecule has 1 saturated heterocycles. The summed E-state index contributed by atoms with van der Waals surface area (Å²) in [6.45, 7) is 11.0. The Kier molecular flexibility index (Phi) is 8.45. The van der Waals surface area contributed by atoms with Crippen molar-refractivity contribution in [3.05, 3.63) is 70.5 Å². The Hall–Kier alpha value is -3.19. The number of carbonyl (C=O) groups excluding carboxylic acids is 2. The van der Waals surface area contributed by atoms with Crippen molar-refractivity contribution in [1.82, 2.24) is 9.80 Å². The first-order valence-corrected chi connectivity index (χ1v) is 11.8. The van der Waals surface area contributed by atoms with Crippen molar-refractivity contribution in [2.75, 3.05) is 32.8 Å². The number of likely N-dealkylation sites (N-methyl/N-ethyl adjacent to an activating group) is 1. The number of likely N-dealkylation sites (tertiary alicyclic amines) is 1. The second-order valence-corrected chi connectivity index (χ2v) is 8.40. The fourth-order valence-corrected chi connectivity index (χ4v) is 4.22. The first-order chi connectivity index (χ1) is 16.3. The third-order valence-electron chi connectivity index (χ3n) is 6.19. The molecule has 2 aromatic carbocycles. The van der Waals surface area contributed by atoms with Gasteiger partial charge in [0, 0.05) is 18.7 Å². The summed E-state index contributed by atoms with van der Waals surface area (Å²) in [7, 11) is 0. The van der Waals surface area contributed by atoms with Crippen LogP contribution >= 0.6 is 0 Å². The van der Waals surface area contributed by atoms with E-state index in [1.54, 1.807) is 30.3 Å². The first-order valence-electron chi connectivity index (χ1n) is 11.8. The van der Waals surface area contributed by atoms with E-state index in [2.05, 4.69) is 4.90 Å². The molecule has 0 spiro atoms. The smallest absolute Gasteiger partial charge is 0.295 e. The SMILES string of the molecule is CCCOc1ccc(C(O)=C2C(=O)C(=O)N(CCN(CC)CC)[C@H]2c2ccc(F)cc2)cc1C. The van der Waals surface area contributed by atoms with E-state index in [1.807, 2.05) is 27.7 Å². The molecule has 0 bridgehead atoms. The van der Waals surface area contributed by atoms with Gasteiger partial charge in [-0.3, -0.25) is 9.59 Å². The van der Waals surface area contributed by atoms with Crippen LogP contribution in [-0.2, 0) is 9.59 Å². The van der Waals surface area contributed by atoms with E-state index in [0.717, 1.165) is 25.1 Å². The highest BCUT2D eigenvalue weighted by molar-refractivity contribution is 6.46. The van der Waals surface area contributed by atoms with Crippen LogP contribution in [0.1, 0.15) is 49.9 Å². The molecule has 0 aliphatic carbocycles. The van der Waals surface area contributed by atoms with Gasteiger partial charge in [0.25, 0.3) is 11.7 Å². The number of nitrogens with zero attached hydrogens (tertiary/aromatic N) is 2. The molecule has 7 heteroatoms. The molecule has 2 aromatic rings. The minimum absolute atomic E-state index is 0.0118. The summed E-state index contributed by atoms with van der Waals surface area (Å²) < 4.78 is 19.3. The summed E-state index contributed by atoms with van der Waals surface area (Å²) in [5.74, 6) is -1.36. The lowest BCUT2D eigenvalue weighted by atomic mass is 9.94. The monoisotopic (exact) mass is 468 g/mol. The molecule has 1 atom stereocenters. The van der Waals surface area contributed by atoms with Gasteiger partial charge in [0.15, 0.2) is 0 Å². The van der Waals surface area contributed by atoms with Crippen LogP contribution in [-0.4, -0.2) is 59.4 Å². The van der Waals surface area contributed by atoms with E-state index < -0.39 is 23.5 Å². The fraction of sp³-hybridized carbons (Fsp3) is 0.407. The number of rotatable bonds is 10. The predicted octanol–water partition coefficient (Wildman–Crippen LogP) is 4.69. The van der Waals surface area contributed by atoms with Crippen LogP contribution in [0.25, 0.3) is 5.76 Å². The van der Waals surface area contributed by atoms with Crippen molar-refractivity contribution in [3.63, 3.8) is 0 Å². The zero-order chi connectivity index (χ0) is 24.8. The molecule has 1 heterocycles. The minimum Gasteiger partial charge on any atom is -0.507 e. The van der Waals surface area contributed by atoms with Crippen molar-refractivity contribution in [2.45, 2.75) is 40.2 Å². The molecule has 0 saturated carbocycles. The second-order valence-electron chi connectivity index (χ2n) is 8.40. The fourth-order valence-electron chi connectivity index (χ4n) is 4.22. The second kappa shape index (κ2) is 11.3. The number of aryl methyl sites for hydroxylation is 1. The van der Waals surface area contributed by atoms with E-state index in [1.165, 1.54) is 17.0 Å². The van der Waals surface area contributed by atoms with Crippen LogP contribution < -0.4 is 4.74 Å². The van der Waals surface area contributed by atoms with Gasteiger partial charge in [0.2, 0.25) is 0 Å². The van der Waals surface area contributed by atoms with E-state index in [4.69, 9.17) is 4.74 Å². The largest absolute Gasteiger partial charge is 0.507 e. The topological polar surface area (TPSA) is 70.1 Å². The van der Waals surface area contributed by atoms with Crippen molar-refractivity contribution < 1.29 is 23.8 Å². The summed E-state index contributed by atoms with van der Waals surface area (Å²) in [4.78, 5) is 29.8. The van der Waals surface area contributed by atoms with E-state index >= 15 is 0 Å². The minimum atomic E-state index is -0.799. The lowest BCUT2D eigenvalue weighted by Crippen LogP contribution is -2.38. The zero-order valence-corrected chi connectivity index (χ0v) is 20.3. The average molecular weight is 469 g/mol. The highest BCUT2D eigenvalue weighted by Crippen LogP contribution is 2.39. The molecule has 6 nitrogen and oxygen atoms in total. The highest BCUT2D eigenvalue weighted by Gasteiger charge is 2.46. The standard InChI is InChI=1S/C27H33FN2O4/c1-5-16-34-22-13-10-20(17-18(22)4)25(31)23-24(19-8-11-21(28)12-9-19)30(27(33)26(23)32)15-14-29(6-2)7-3/h8-13,17,24,31H,5-7,14-16H2,1-4H3/t24-/m0/s1. The maximum atomic E-state index is 13.6. The average Bonchev–Trinajstić information content (AvgIpc) is 3.09. The summed E-state index contributed by atoms with van der Waals surface area (Å²) >= 11 is 0. The van der Waals surface area contributed by atoms with E-state index in [9.17, 15) is 19.1 Å². The number of carbonyl (C=O) groups is 2. The molecule has 0 unspecified atom stereocenters. The van der Waals surface area contributed by atoms with Crippen LogP contribution in [0.4, 0.5) is 4.39 Å². The molecule has 182 valence electrons.